The number of piperazine rings is 1. The molecule has 0 bridgehead atoms. The minimum Gasteiger partial charge on any atom is -0.466 e. The monoisotopic (exact) mass is 420 g/mol. The molecule has 0 unspecified atom stereocenters. The minimum absolute atomic E-state index is 0.0449. The first-order valence-electron chi connectivity index (χ1n) is 9.55. The van der Waals surface area contributed by atoms with E-state index in [9.17, 15) is 14.4 Å². The number of aromatic nitrogens is 2. The highest BCUT2D eigenvalue weighted by molar-refractivity contribution is 7.20. The number of ether oxygens (including phenoxy) is 2. The Balaban J connectivity index is 2.05. The van der Waals surface area contributed by atoms with E-state index in [-0.39, 0.29) is 19.6 Å². The van der Waals surface area contributed by atoms with Crippen molar-refractivity contribution in [1.82, 2.24) is 14.9 Å². The Kier molecular flexibility index (Phi) is 6.63. The number of hydrogen-bond donors (Lipinski definition) is 0. The number of carbonyl (C=O) groups is 3. The van der Waals surface area contributed by atoms with Crippen molar-refractivity contribution in [3.05, 3.63) is 16.3 Å². The van der Waals surface area contributed by atoms with E-state index in [0.717, 1.165) is 17.4 Å². The number of fused-ring (bicyclic) bond motifs is 1. The summed E-state index contributed by atoms with van der Waals surface area (Å²) in [4.78, 5) is 49.4. The molecular weight excluding hydrogens is 396 g/mol. The van der Waals surface area contributed by atoms with Crippen molar-refractivity contribution < 1.29 is 23.9 Å². The number of esters is 2. The highest BCUT2D eigenvalue weighted by atomic mass is 32.1. The number of amides is 1. The smallest absolute Gasteiger partial charge is 0.348 e. The third kappa shape index (κ3) is 4.47. The van der Waals surface area contributed by atoms with E-state index in [1.54, 1.807) is 18.7 Å². The van der Waals surface area contributed by atoms with Crippen LogP contribution in [0.3, 0.4) is 0 Å². The lowest BCUT2D eigenvalue weighted by Crippen LogP contribution is -2.46. The van der Waals surface area contributed by atoms with Gasteiger partial charge in [0.25, 0.3) is 0 Å². The molecule has 0 atom stereocenters. The fourth-order valence-corrected chi connectivity index (χ4v) is 4.33. The maximum Gasteiger partial charge on any atom is 0.348 e. The highest BCUT2D eigenvalue weighted by Gasteiger charge is 2.26. The Morgan fingerprint density at radius 3 is 2.41 bits per heavy atom. The summed E-state index contributed by atoms with van der Waals surface area (Å²) < 4.78 is 10.2. The van der Waals surface area contributed by atoms with Crippen molar-refractivity contribution in [2.45, 2.75) is 27.2 Å². The minimum atomic E-state index is -0.400. The van der Waals surface area contributed by atoms with Gasteiger partial charge in [-0.2, -0.15) is 0 Å². The molecule has 0 saturated carbocycles. The molecule has 0 spiro atoms. The number of hydrogen-bond acceptors (Lipinski definition) is 9. The number of carbonyl (C=O) groups excluding carboxylic acids is 3. The van der Waals surface area contributed by atoms with E-state index < -0.39 is 11.9 Å². The second-order valence-electron chi connectivity index (χ2n) is 6.53. The van der Waals surface area contributed by atoms with Crippen LogP contribution in [0.15, 0.2) is 0 Å². The number of nitrogens with zero attached hydrogens (tertiary/aromatic N) is 4. The molecule has 2 aromatic heterocycles. The Hall–Kier alpha value is -2.75. The lowest BCUT2D eigenvalue weighted by molar-refractivity contribution is -0.142. The van der Waals surface area contributed by atoms with E-state index in [1.165, 1.54) is 11.3 Å². The van der Waals surface area contributed by atoms with Gasteiger partial charge in [0.2, 0.25) is 6.41 Å². The first-order valence-corrected chi connectivity index (χ1v) is 10.4. The molecule has 3 rings (SSSR count). The van der Waals surface area contributed by atoms with Crippen LogP contribution in [-0.4, -0.2) is 72.6 Å². The fraction of sp³-hybridized carbons (Fsp3) is 0.526. The van der Waals surface area contributed by atoms with Crippen molar-refractivity contribution in [1.29, 1.82) is 0 Å². The average molecular weight is 420 g/mol. The van der Waals surface area contributed by atoms with Gasteiger partial charge in [0.1, 0.15) is 27.8 Å². The van der Waals surface area contributed by atoms with Gasteiger partial charge in [0, 0.05) is 26.2 Å². The molecule has 3 heterocycles. The van der Waals surface area contributed by atoms with Crippen LogP contribution in [0.5, 0.6) is 0 Å². The van der Waals surface area contributed by atoms with Gasteiger partial charge in [-0.25, -0.2) is 14.8 Å². The summed E-state index contributed by atoms with van der Waals surface area (Å²) in [7, 11) is 0. The van der Waals surface area contributed by atoms with Gasteiger partial charge in [-0.15, -0.1) is 11.3 Å². The second kappa shape index (κ2) is 9.17. The van der Waals surface area contributed by atoms with Crippen molar-refractivity contribution in [2.24, 2.45) is 0 Å². The third-order valence-corrected chi connectivity index (χ3v) is 5.81. The molecule has 156 valence electrons. The van der Waals surface area contributed by atoms with E-state index in [0.29, 0.717) is 47.5 Å². The molecule has 1 aliphatic heterocycles. The zero-order chi connectivity index (χ0) is 21.0. The summed E-state index contributed by atoms with van der Waals surface area (Å²) in [5.74, 6) is 0.226. The zero-order valence-corrected chi connectivity index (χ0v) is 17.6. The Morgan fingerprint density at radius 1 is 1.10 bits per heavy atom. The van der Waals surface area contributed by atoms with E-state index in [2.05, 4.69) is 14.9 Å². The van der Waals surface area contributed by atoms with Crippen molar-refractivity contribution in [2.75, 3.05) is 44.3 Å². The number of aryl methyl sites for hydroxylation is 1. The van der Waals surface area contributed by atoms with E-state index >= 15 is 0 Å². The molecular formula is C19H24N4O5S. The van der Waals surface area contributed by atoms with Crippen LogP contribution in [0.4, 0.5) is 5.82 Å². The molecule has 1 aliphatic rings. The van der Waals surface area contributed by atoms with Crippen LogP contribution in [0.25, 0.3) is 10.2 Å². The molecule has 2 aromatic rings. The van der Waals surface area contributed by atoms with Gasteiger partial charge < -0.3 is 19.3 Å². The van der Waals surface area contributed by atoms with Crippen LogP contribution >= 0.6 is 11.3 Å². The van der Waals surface area contributed by atoms with Gasteiger partial charge in [-0.1, -0.05) is 0 Å². The van der Waals surface area contributed by atoms with Crippen LogP contribution in [0.2, 0.25) is 0 Å². The lowest BCUT2D eigenvalue weighted by atomic mass is 10.1. The SMILES string of the molecule is CCOC(=O)Cc1nc(N2CCN(C=O)CC2)c2c(C)c(C(=O)OCC)sc2n1. The predicted octanol–water partition coefficient (Wildman–Crippen LogP) is 1.56. The molecule has 10 heteroatoms. The quantitative estimate of drug-likeness (QED) is 0.491. The summed E-state index contributed by atoms with van der Waals surface area (Å²) in [6, 6.07) is 0. The van der Waals surface area contributed by atoms with Crippen molar-refractivity contribution >= 4 is 45.7 Å². The summed E-state index contributed by atoms with van der Waals surface area (Å²) >= 11 is 1.24. The summed E-state index contributed by atoms with van der Waals surface area (Å²) in [5.41, 5.74) is 0.763. The second-order valence-corrected chi connectivity index (χ2v) is 7.53. The summed E-state index contributed by atoms with van der Waals surface area (Å²) in [5, 5.41) is 0.783. The Morgan fingerprint density at radius 2 is 1.79 bits per heavy atom. The summed E-state index contributed by atoms with van der Waals surface area (Å²) in [6.07, 6.45) is 0.796. The topological polar surface area (TPSA) is 102 Å². The third-order valence-electron chi connectivity index (χ3n) is 4.65. The number of anilines is 1. The molecule has 29 heavy (non-hydrogen) atoms. The Labute approximate surface area is 172 Å². The van der Waals surface area contributed by atoms with E-state index in [1.807, 2.05) is 6.92 Å². The molecule has 9 nitrogen and oxygen atoms in total. The van der Waals surface area contributed by atoms with Gasteiger partial charge in [0.05, 0.1) is 18.6 Å². The summed E-state index contributed by atoms with van der Waals surface area (Å²) in [6.45, 7) is 8.29. The maximum absolute atomic E-state index is 12.4. The van der Waals surface area contributed by atoms with Crippen molar-refractivity contribution in [3.63, 3.8) is 0 Å². The molecule has 1 saturated heterocycles. The van der Waals surface area contributed by atoms with Crippen LogP contribution in [-0.2, 0) is 25.5 Å². The Bertz CT molecular complexity index is 921. The molecule has 1 fully saturated rings. The standard InChI is InChI=1S/C19H24N4O5S/c1-4-27-14(25)10-13-20-17(23-8-6-22(11-24)7-9-23)15-12(3)16(19(26)28-5-2)29-18(15)21-13/h11H,4-10H2,1-3H3. The van der Waals surface area contributed by atoms with Gasteiger partial charge in [0.15, 0.2) is 0 Å². The molecule has 0 N–H and O–H groups in total. The number of rotatable bonds is 7. The van der Waals surface area contributed by atoms with Gasteiger partial charge in [-0.3, -0.25) is 9.59 Å². The van der Waals surface area contributed by atoms with Crippen LogP contribution in [0, 0.1) is 6.92 Å². The fourth-order valence-electron chi connectivity index (χ4n) is 3.24. The highest BCUT2D eigenvalue weighted by Crippen LogP contribution is 2.36. The molecule has 1 amide bonds. The number of thiophene rings is 1. The van der Waals surface area contributed by atoms with Crippen LogP contribution < -0.4 is 4.90 Å². The molecule has 0 aromatic carbocycles. The maximum atomic E-state index is 12.4. The average Bonchev–Trinajstić information content (AvgIpc) is 3.04. The zero-order valence-electron chi connectivity index (χ0n) is 16.8. The molecule has 0 radical (unpaired) electrons. The first kappa shape index (κ1) is 21.0. The van der Waals surface area contributed by atoms with Gasteiger partial charge in [-0.05, 0) is 26.3 Å². The largest absolute Gasteiger partial charge is 0.466 e. The van der Waals surface area contributed by atoms with E-state index in [4.69, 9.17) is 9.47 Å². The normalized spacial score (nSPS) is 14.2. The molecule has 0 aliphatic carbocycles. The van der Waals surface area contributed by atoms with Gasteiger partial charge >= 0.3 is 11.9 Å². The van der Waals surface area contributed by atoms with Crippen LogP contribution in [0.1, 0.15) is 34.9 Å². The van der Waals surface area contributed by atoms with Crippen molar-refractivity contribution in [3.8, 4) is 0 Å². The predicted molar refractivity (Wildman–Crippen MR) is 108 cm³/mol. The lowest BCUT2D eigenvalue weighted by Gasteiger charge is -2.33. The first-order chi connectivity index (χ1) is 14.0.